The molecule has 0 aromatic heterocycles. The molecule has 0 unspecified atom stereocenters. The van der Waals surface area contributed by atoms with Gasteiger partial charge in [0, 0.05) is 12.1 Å². The van der Waals surface area contributed by atoms with E-state index in [1.807, 2.05) is 0 Å². The summed E-state index contributed by atoms with van der Waals surface area (Å²) in [6, 6.07) is 4.62. The van der Waals surface area contributed by atoms with Crippen LogP contribution in [-0.2, 0) is 0 Å². The lowest BCUT2D eigenvalue weighted by atomic mass is 10.2. The minimum Gasteiger partial charge on any atom is -0.503 e. The number of benzene rings is 2. The first kappa shape index (κ1) is 17.6. The molecule has 0 radical (unpaired) electrons. The van der Waals surface area contributed by atoms with Crippen LogP contribution in [0.25, 0.3) is 0 Å². The van der Waals surface area contributed by atoms with Crippen LogP contribution in [-0.4, -0.2) is 16.0 Å². The third kappa shape index (κ3) is 3.45. The van der Waals surface area contributed by atoms with E-state index in [9.17, 15) is 20.0 Å². The van der Waals surface area contributed by atoms with E-state index in [2.05, 4.69) is 0 Å². The third-order valence-electron chi connectivity index (χ3n) is 2.71. The molecule has 0 aliphatic carbocycles. The van der Waals surface area contributed by atoms with Crippen LogP contribution >= 0.6 is 46.4 Å². The highest BCUT2D eigenvalue weighted by Crippen LogP contribution is 2.49. The molecule has 0 atom stereocenters. The summed E-state index contributed by atoms with van der Waals surface area (Å²) in [6.07, 6.45) is 0. The Labute approximate surface area is 149 Å². The lowest BCUT2D eigenvalue weighted by molar-refractivity contribution is -0.384. The number of ether oxygens (including phenoxy) is 1. The number of aromatic hydroxyl groups is 1. The number of hydrogen-bond acceptors (Lipinski definition) is 5. The normalized spacial score (nSPS) is 10.4. The van der Waals surface area contributed by atoms with Crippen molar-refractivity contribution in [3.05, 3.63) is 60.0 Å². The van der Waals surface area contributed by atoms with Crippen LogP contribution in [0.4, 0.5) is 5.69 Å². The summed E-state index contributed by atoms with van der Waals surface area (Å²) in [7, 11) is 0. The van der Waals surface area contributed by atoms with Crippen molar-refractivity contribution in [2.24, 2.45) is 0 Å². The van der Waals surface area contributed by atoms with E-state index in [1.165, 1.54) is 12.1 Å². The summed E-state index contributed by atoms with van der Waals surface area (Å²) < 4.78 is 4.96. The smallest absolute Gasteiger partial charge is 0.343 e. The number of carbonyl (C=O) groups excluding carboxylic acids is 1. The number of nitrogens with zero attached hydrogens (tertiary/aromatic N) is 1. The minimum atomic E-state index is -0.924. The number of hydrogen-bond donors (Lipinski definition) is 1. The van der Waals surface area contributed by atoms with Crippen molar-refractivity contribution >= 4 is 58.1 Å². The summed E-state index contributed by atoms with van der Waals surface area (Å²) in [6.45, 7) is 0. The summed E-state index contributed by atoms with van der Waals surface area (Å²) in [5.74, 6) is -2.04. The molecular formula is C13H5Cl4NO5. The highest BCUT2D eigenvalue weighted by molar-refractivity contribution is 6.53. The van der Waals surface area contributed by atoms with Crippen molar-refractivity contribution < 1.29 is 19.6 Å². The molecule has 0 bridgehead atoms. The van der Waals surface area contributed by atoms with Crippen molar-refractivity contribution in [1.82, 2.24) is 0 Å². The number of rotatable bonds is 3. The zero-order valence-electron chi connectivity index (χ0n) is 10.8. The molecule has 2 aromatic rings. The molecule has 0 spiro atoms. The molecule has 0 aliphatic heterocycles. The molecule has 120 valence electrons. The largest absolute Gasteiger partial charge is 0.503 e. The second-order valence-corrected chi connectivity index (χ2v) is 5.64. The van der Waals surface area contributed by atoms with Gasteiger partial charge in [-0.2, -0.15) is 0 Å². The number of carbonyl (C=O) groups is 1. The van der Waals surface area contributed by atoms with Crippen LogP contribution in [0.5, 0.6) is 11.5 Å². The van der Waals surface area contributed by atoms with Crippen LogP contribution in [0.2, 0.25) is 20.1 Å². The molecule has 0 amide bonds. The number of esters is 1. The van der Waals surface area contributed by atoms with Gasteiger partial charge in [-0.1, -0.05) is 46.4 Å². The second kappa shape index (κ2) is 6.80. The number of nitro groups is 1. The highest BCUT2D eigenvalue weighted by atomic mass is 35.5. The summed E-state index contributed by atoms with van der Waals surface area (Å²) in [5.41, 5.74) is -0.201. The topological polar surface area (TPSA) is 89.7 Å². The number of phenols is 1. The van der Waals surface area contributed by atoms with Gasteiger partial charge in [-0.3, -0.25) is 10.1 Å². The second-order valence-electron chi connectivity index (χ2n) is 4.13. The van der Waals surface area contributed by atoms with Gasteiger partial charge in [0.05, 0.1) is 20.5 Å². The van der Waals surface area contributed by atoms with Crippen molar-refractivity contribution in [2.75, 3.05) is 0 Å². The number of non-ortho nitro benzene ring substituents is 1. The molecule has 23 heavy (non-hydrogen) atoms. The SMILES string of the molecule is O=C(Oc1c(O)c(Cl)c(Cl)c(Cl)c1Cl)c1ccc([N+](=O)[O-])cc1. The fourth-order valence-corrected chi connectivity index (χ4v) is 2.43. The average molecular weight is 397 g/mol. The maximum atomic E-state index is 12.0. The van der Waals surface area contributed by atoms with E-state index in [-0.39, 0.29) is 31.3 Å². The van der Waals surface area contributed by atoms with Crippen LogP contribution in [0.1, 0.15) is 10.4 Å². The molecule has 0 saturated carbocycles. The van der Waals surface area contributed by atoms with Crippen molar-refractivity contribution in [2.45, 2.75) is 0 Å². The maximum absolute atomic E-state index is 12.0. The molecule has 0 heterocycles. The predicted molar refractivity (Wildman–Crippen MR) is 86.2 cm³/mol. The lowest BCUT2D eigenvalue weighted by Crippen LogP contribution is -2.09. The molecule has 1 N–H and O–H groups in total. The predicted octanol–water partition coefficient (Wildman–Crippen LogP) is 5.13. The number of phenolic OH excluding ortho intramolecular Hbond substituents is 1. The molecule has 6 nitrogen and oxygen atoms in total. The van der Waals surface area contributed by atoms with Crippen molar-refractivity contribution in [1.29, 1.82) is 0 Å². The Morgan fingerprint density at radius 2 is 1.52 bits per heavy atom. The van der Waals surface area contributed by atoms with Gasteiger partial charge in [-0.25, -0.2) is 4.79 Å². The first-order valence-corrected chi connectivity index (χ1v) is 7.26. The Balaban J connectivity index is 2.36. The van der Waals surface area contributed by atoms with Gasteiger partial charge in [0.25, 0.3) is 5.69 Å². The summed E-state index contributed by atoms with van der Waals surface area (Å²) in [4.78, 5) is 22.0. The molecule has 2 rings (SSSR count). The van der Waals surface area contributed by atoms with E-state index >= 15 is 0 Å². The fourth-order valence-electron chi connectivity index (χ4n) is 1.56. The lowest BCUT2D eigenvalue weighted by Gasteiger charge is -2.12. The molecular weight excluding hydrogens is 392 g/mol. The Hall–Kier alpha value is -1.73. The van der Waals surface area contributed by atoms with E-state index in [1.54, 1.807) is 0 Å². The molecule has 10 heteroatoms. The van der Waals surface area contributed by atoms with Gasteiger partial charge < -0.3 is 9.84 Å². The van der Waals surface area contributed by atoms with Gasteiger partial charge in [0.15, 0.2) is 11.5 Å². The fraction of sp³-hybridized carbons (Fsp3) is 0. The average Bonchev–Trinajstić information content (AvgIpc) is 2.55. The van der Waals surface area contributed by atoms with E-state index in [0.717, 1.165) is 12.1 Å². The molecule has 0 fully saturated rings. The zero-order valence-corrected chi connectivity index (χ0v) is 13.9. The Kier molecular flexibility index (Phi) is 5.21. The van der Waals surface area contributed by atoms with Gasteiger partial charge in [-0.15, -0.1) is 0 Å². The molecule has 0 saturated heterocycles. The first-order chi connectivity index (χ1) is 10.7. The van der Waals surface area contributed by atoms with Crippen LogP contribution < -0.4 is 4.74 Å². The zero-order chi connectivity index (χ0) is 17.3. The summed E-state index contributed by atoms with van der Waals surface area (Å²) >= 11 is 23.2. The summed E-state index contributed by atoms with van der Waals surface area (Å²) in [5, 5.41) is 19.4. The van der Waals surface area contributed by atoms with Gasteiger partial charge in [0.2, 0.25) is 0 Å². The van der Waals surface area contributed by atoms with Gasteiger partial charge in [0.1, 0.15) is 10.0 Å². The van der Waals surface area contributed by atoms with Crippen molar-refractivity contribution in [3.63, 3.8) is 0 Å². The Morgan fingerprint density at radius 3 is 2.04 bits per heavy atom. The molecule has 2 aromatic carbocycles. The standard InChI is InChI=1S/C13H5Cl4NO5/c14-7-8(15)10(17)12(11(19)9(7)16)23-13(20)5-1-3-6(4-2-5)18(21)22/h1-4,19H. The van der Waals surface area contributed by atoms with Gasteiger partial charge >= 0.3 is 5.97 Å². The highest BCUT2D eigenvalue weighted by Gasteiger charge is 2.24. The monoisotopic (exact) mass is 395 g/mol. The Bertz CT molecular complexity index is 778. The minimum absolute atomic E-state index is 0.00624. The third-order valence-corrected chi connectivity index (χ3v) is 4.48. The van der Waals surface area contributed by atoms with Crippen LogP contribution in [0, 0.1) is 10.1 Å². The number of halogens is 4. The Morgan fingerprint density at radius 1 is 1.00 bits per heavy atom. The van der Waals surface area contributed by atoms with Gasteiger partial charge in [-0.05, 0) is 12.1 Å². The first-order valence-electron chi connectivity index (χ1n) is 5.75. The van der Waals surface area contributed by atoms with Crippen molar-refractivity contribution in [3.8, 4) is 11.5 Å². The molecule has 0 aliphatic rings. The maximum Gasteiger partial charge on any atom is 0.343 e. The van der Waals surface area contributed by atoms with E-state index in [4.69, 9.17) is 51.1 Å². The van der Waals surface area contributed by atoms with Crippen LogP contribution in [0.3, 0.4) is 0 Å². The quantitative estimate of drug-likeness (QED) is 0.194. The van der Waals surface area contributed by atoms with E-state index < -0.39 is 22.4 Å². The number of nitro benzene ring substituents is 1. The van der Waals surface area contributed by atoms with Crippen LogP contribution in [0.15, 0.2) is 24.3 Å². The van der Waals surface area contributed by atoms with E-state index in [0.29, 0.717) is 0 Å².